The van der Waals surface area contributed by atoms with Gasteiger partial charge in [-0.3, -0.25) is 5.41 Å². The predicted octanol–water partition coefficient (Wildman–Crippen LogP) is -4.05. The first-order chi connectivity index (χ1) is 4.00. The molecule has 0 heterocycles. The van der Waals surface area contributed by atoms with Crippen molar-refractivity contribution in [3.8, 4) is 0 Å². The second-order valence-electron chi connectivity index (χ2n) is 0.930. The van der Waals surface area contributed by atoms with Gasteiger partial charge in [-0.1, -0.05) is 0 Å². The zero-order valence-corrected chi connectivity index (χ0v) is 6.09. The smallest absolute Gasteiger partial charge is 0.387 e. The van der Waals surface area contributed by atoms with E-state index >= 15 is 0 Å². The highest BCUT2D eigenvalue weighted by Gasteiger charge is 1.86. The van der Waals surface area contributed by atoms with Gasteiger partial charge in [-0.15, -0.1) is 0 Å². The van der Waals surface area contributed by atoms with Crippen molar-refractivity contribution >= 4 is 5.84 Å². The van der Waals surface area contributed by atoms with E-state index < -0.39 is 14.8 Å². The normalized spacial score (nSPS) is 8.11. The van der Waals surface area contributed by atoms with Gasteiger partial charge in [0.25, 0.3) is 0 Å². The van der Waals surface area contributed by atoms with Gasteiger partial charge < -0.3 is 19.9 Å². The molecule has 0 aromatic rings. The molecule has 0 rings (SSSR count). The Morgan fingerprint density at radius 3 is 1.78 bits per heavy atom. The molecule has 56 valence electrons. The standard InChI is InChI=1S/C2H7N3.BrHO3/c3-1-2(4)5;2-1(3)4/h1,3H2,(H3,4,5);2H. The molecule has 6 nitrogen and oxygen atoms in total. The molecule has 0 spiro atoms. The van der Waals surface area contributed by atoms with Crippen molar-refractivity contribution < 1.29 is 27.4 Å². The van der Waals surface area contributed by atoms with Crippen LogP contribution in [0.1, 0.15) is 0 Å². The lowest BCUT2D eigenvalue weighted by Crippen LogP contribution is -2.30. The number of nitrogens with two attached hydrogens (primary N) is 2. The second kappa shape index (κ2) is 7.79. The first-order valence-electron chi connectivity index (χ1n) is 1.78. The van der Waals surface area contributed by atoms with Crippen LogP contribution in [0, 0.1) is 20.2 Å². The van der Waals surface area contributed by atoms with Gasteiger partial charge in [0.2, 0.25) is 0 Å². The number of hydrogen-bond donors (Lipinski definition) is 4. The van der Waals surface area contributed by atoms with Crippen LogP contribution in [-0.2, 0) is 0 Å². The summed E-state index contributed by atoms with van der Waals surface area (Å²) < 4.78 is 24.3. The lowest BCUT2D eigenvalue weighted by molar-refractivity contribution is -1.63. The van der Waals surface area contributed by atoms with E-state index in [-0.39, 0.29) is 12.4 Å². The highest BCUT2D eigenvalue weighted by Crippen LogP contribution is 1.38. The molecule has 0 aromatic heterocycles. The molecule has 9 heavy (non-hydrogen) atoms. The first-order valence-corrected chi connectivity index (χ1v) is 3.78. The molecule has 0 radical (unpaired) electrons. The molecule has 7 heteroatoms. The predicted molar refractivity (Wildman–Crippen MR) is 23.2 cm³/mol. The Bertz CT molecular complexity index is 74.7. The van der Waals surface area contributed by atoms with E-state index in [4.69, 9.17) is 29.5 Å². The van der Waals surface area contributed by atoms with Gasteiger partial charge in [0.05, 0.1) is 6.54 Å². The summed E-state index contributed by atoms with van der Waals surface area (Å²) in [5.41, 5.74) is 9.57. The molecule has 0 aliphatic rings. The third-order valence-corrected chi connectivity index (χ3v) is 0.220. The van der Waals surface area contributed by atoms with Crippen LogP contribution in [0.2, 0.25) is 0 Å². The van der Waals surface area contributed by atoms with Crippen LogP contribution < -0.4 is 19.9 Å². The van der Waals surface area contributed by atoms with Crippen LogP contribution in [0.15, 0.2) is 0 Å². The summed E-state index contributed by atoms with van der Waals surface area (Å²) in [5, 5.41) is 6.40. The Hall–Kier alpha value is -0.210. The van der Waals surface area contributed by atoms with Crippen molar-refractivity contribution in [2.45, 2.75) is 0 Å². The van der Waals surface area contributed by atoms with Crippen molar-refractivity contribution in [2.75, 3.05) is 6.54 Å². The third-order valence-electron chi connectivity index (χ3n) is 0.220. The molecule has 0 saturated carbocycles. The monoisotopic (exact) mass is 201 g/mol. The minimum absolute atomic E-state index is 0.0324. The van der Waals surface area contributed by atoms with Gasteiger partial charge in [0, 0.05) is 0 Å². The Morgan fingerprint density at radius 2 is 1.78 bits per heavy atom. The summed E-state index contributed by atoms with van der Waals surface area (Å²) in [6, 6.07) is 0. The molecule has 0 atom stereocenters. The Labute approximate surface area is 57.4 Å². The minimum Gasteiger partial charge on any atom is -0.387 e. The average molecular weight is 202 g/mol. The highest BCUT2D eigenvalue weighted by molar-refractivity contribution is 5.78. The van der Waals surface area contributed by atoms with Gasteiger partial charge in [-0.25, -0.2) is 0 Å². The minimum atomic E-state index is -3.40. The largest absolute Gasteiger partial charge is 0.433 e. The molecule has 0 aliphatic heterocycles. The fourth-order valence-electron chi connectivity index (χ4n) is 0. The van der Waals surface area contributed by atoms with Gasteiger partial charge in [-0.05, 0) is 4.20 Å². The van der Waals surface area contributed by atoms with E-state index in [1.54, 1.807) is 0 Å². The van der Waals surface area contributed by atoms with Crippen molar-refractivity contribution in [3.63, 3.8) is 0 Å². The first kappa shape index (κ1) is 11.6. The molecule has 0 aliphatic carbocycles. The Morgan fingerprint density at radius 1 is 1.67 bits per heavy atom. The molecule has 0 amide bonds. The van der Waals surface area contributed by atoms with E-state index in [1.807, 2.05) is 0 Å². The molecular weight excluding hydrogens is 194 g/mol. The lowest BCUT2D eigenvalue weighted by Gasteiger charge is -1.79. The van der Waals surface area contributed by atoms with Crippen LogP contribution in [0.3, 0.4) is 0 Å². The third kappa shape index (κ3) is 81.5. The van der Waals surface area contributed by atoms with Crippen LogP contribution in [0.5, 0.6) is 0 Å². The maximum absolute atomic E-state index is 8.63. The molecule has 0 unspecified atom stereocenters. The van der Waals surface area contributed by atoms with Crippen LogP contribution in [0.25, 0.3) is 0 Å². The van der Waals surface area contributed by atoms with Crippen molar-refractivity contribution in [1.29, 1.82) is 5.41 Å². The van der Waals surface area contributed by atoms with Gasteiger partial charge in [-0.2, -0.15) is 0 Å². The fraction of sp³-hybridized carbons (Fsp3) is 0.500. The number of nitrogens with one attached hydrogen (secondary N) is 1. The number of hydrogen-bond acceptors (Lipinski definition) is 5. The van der Waals surface area contributed by atoms with E-state index in [9.17, 15) is 0 Å². The van der Waals surface area contributed by atoms with Gasteiger partial charge in [0.15, 0.2) is 0 Å². The SMILES string of the molecule is N=C(N)CN.[O-][Br+2]([O-])O. The molecule has 6 N–H and O–H groups in total. The van der Waals surface area contributed by atoms with Gasteiger partial charge in [0.1, 0.15) is 5.84 Å². The zero-order chi connectivity index (χ0) is 7.86. The number of rotatable bonds is 1. The van der Waals surface area contributed by atoms with E-state index in [0.29, 0.717) is 0 Å². The average Bonchev–Trinajstić information content (AvgIpc) is 1.65. The summed E-state index contributed by atoms with van der Waals surface area (Å²) in [7, 11) is 0. The van der Waals surface area contributed by atoms with E-state index in [2.05, 4.69) is 0 Å². The van der Waals surface area contributed by atoms with E-state index in [0.717, 1.165) is 0 Å². The summed E-state index contributed by atoms with van der Waals surface area (Å²) in [4.78, 5) is 0. The van der Waals surface area contributed by atoms with Crippen molar-refractivity contribution in [3.05, 3.63) is 0 Å². The summed E-state index contributed by atoms with van der Waals surface area (Å²) in [6.45, 7) is 0.167. The Kier molecular flexibility index (Phi) is 10.0. The summed E-state index contributed by atoms with van der Waals surface area (Å²) >= 11 is -3.40. The van der Waals surface area contributed by atoms with Gasteiger partial charge >= 0.3 is 14.8 Å². The quantitative estimate of drug-likeness (QED) is 0.252. The molecule has 0 aromatic carbocycles. The van der Waals surface area contributed by atoms with Crippen LogP contribution in [-0.4, -0.2) is 16.6 Å². The highest BCUT2D eigenvalue weighted by atomic mass is 80.0. The molecule has 0 fully saturated rings. The second-order valence-corrected chi connectivity index (χ2v) is 1.77. The molecule has 0 saturated heterocycles. The van der Waals surface area contributed by atoms with Crippen LogP contribution in [0.4, 0.5) is 0 Å². The topological polar surface area (TPSA) is 142 Å². The van der Waals surface area contributed by atoms with Crippen molar-refractivity contribution in [2.24, 2.45) is 11.5 Å². The molecule has 0 bridgehead atoms. The summed E-state index contributed by atoms with van der Waals surface area (Å²) in [6.07, 6.45) is 0. The Balaban J connectivity index is 0. The summed E-state index contributed by atoms with van der Waals surface area (Å²) in [5.74, 6) is 0.0324. The fourth-order valence-corrected chi connectivity index (χ4v) is 0. The van der Waals surface area contributed by atoms with Crippen LogP contribution >= 0.6 is 0 Å². The number of amidine groups is 1. The molecular formula is C2H8BrN3O3. The number of halogens is 1. The lowest BCUT2D eigenvalue weighted by atomic mass is 10.6. The maximum Gasteiger partial charge on any atom is 0.433 e. The maximum atomic E-state index is 8.63. The zero-order valence-electron chi connectivity index (χ0n) is 4.50. The van der Waals surface area contributed by atoms with E-state index in [1.165, 1.54) is 0 Å². The van der Waals surface area contributed by atoms with Crippen molar-refractivity contribution in [1.82, 2.24) is 0 Å².